The molecule has 0 saturated carbocycles. The normalized spacial score (nSPS) is 15.7. The molecule has 1 aliphatic heterocycles. The number of benzene rings is 2. The van der Waals surface area contributed by atoms with E-state index in [9.17, 15) is 13.2 Å². The van der Waals surface area contributed by atoms with Crippen LogP contribution in [-0.2, 0) is 19.4 Å². The summed E-state index contributed by atoms with van der Waals surface area (Å²) < 4.78 is 41.5. The topological polar surface area (TPSA) is 131 Å². The lowest BCUT2D eigenvalue weighted by molar-refractivity contribution is -0.134. The molecule has 34 heavy (non-hydrogen) atoms. The summed E-state index contributed by atoms with van der Waals surface area (Å²) in [5.41, 5.74) is 3.04. The van der Waals surface area contributed by atoms with Gasteiger partial charge in [-0.2, -0.15) is 4.98 Å². The molecule has 0 unspecified atom stereocenters. The van der Waals surface area contributed by atoms with Gasteiger partial charge in [0.1, 0.15) is 11.3 Å². The third-order valence-corrected chi connectivity index (χ3v) is 8.50. The molecule has 11 heteroatoms. The first-order valence-corrected chi connectivity index (χ1v) is 12.4. The molecule has 0 aliphatic carbocycles. The number of hydroxylamine groups is 1. The standard InChI is InChI=1S/C23H27N3O7S/c1-26(22-24-19-5-2-3-6-20(19)33-22)13-4-14-32-17-7-9-18(10-8-17)34(29,30)23(21(27)25-28)11-15-31-16-12-23/h2-3,5-10,28H,4,11-16H2,1H3,(H,25,27). The summed E-state index contributed by atoms with van der Waals surface area (Å²) in [5.74, 6) is -0.435. The number of anilines is 1. The number of fused-ring (bicyclic) bond motifs is 1. The van der Waals surface area contributed by atoms with E-state index in [1.807, 2.05) is 36.2 Å². The first kappa shape index (κ1) is 24.0. The van der Waals surface area contributed by atoms with Gasteiger partial charge in [0.05, 0.1) is 11.5 Å². The van der Waals surface area contributed by atoms with Crippen LogP contribution in [0.1, 0.15) is 19.3 Å². The van der Waals surface area contributed by atoms with Crippen LogP contribution in [0.2, 0.25) is 0 Å². The van der Waals surface area contributed by atoms with Gasteiger partial charge in [-0.25, -0.2) is 13.9 Å². The lowest BCUT2D eigenvalue weighted by Crippen LogP contribution is -2.54. The molecule has 1 fully saturated rings. The molecule has 2 heterocycles. The number of rotatable bonds is 9. The molecule has 0 atom stereocenters. The molecular formula is C23H27N3O7S. The van der Waals surface area contributed by atoms with Gasteiger partial charge >= 0.3 is 0 Å². The number of ether oxygens (including phenoxy) is 2. The largest absolute Gasteiger partial charge is 0.494 e. The molecule has 2 N–H and O–H groups in total. The molecule has 0 radical (unpaired) electrons. The highest BCUT2D eigenvalue weighted by Gasteiger charge is 2.52. The van der Waals surface area contributed by atoms with Gasteiger partial charge in [0.15, 0.2) is 20.2 Å². The van der Waals surface area contributed by atoms with Crippen molar-refractivity contribution in [3.63, 3.8) is 0 Å². The van der Waals surface area contributed by atoms with Gasteiger partial charge in [-0.1, -0.05) is 12.1 Å². The number of carbonyl (C=O) groups is 1. The summed E-state index contributed by atoms with van der Waals surface area (Å²) >= 11 is 0. The smallest absolute Gasteiger partial charge is 0.298 e. The van der Waals surface area contributed by atoms with Gasteiger partial charge in [-0.15, -0.1) is 0 Å². The summed E-state index contributed by atoms with van der Waals surface area (Å²) in [5, 5.41) is 9.14. The van der Waals surface area contributed by atoms with Crippen LogP contribution >= 0.6 is 0 Å². The number of oxazole rings is 1. The zero-order valence-electron chi connectivity index (χ0n) is 18.8. The summed E-state index contributed by atoms with van der Waals surface area (Å²) in [4.78, 5) is 18.7. The molecule has 1 amide bonds. The van der Waals surface area contributed by atoms with Crippen LogP contribution in [-0.4, -0.2) is 62.7 Å². The molecule has 1 aromatic heterocycles. The maximum absolute atomic E-state index is 13.3. The van der Waals surface area contributed by atoms with Gasteiger partial charge < -0.3 is 18.8 Å². The Hall–Kier alpha value is -3.15. The van der Waals surface area contributed by atoms with Crippen molar-refractivity contribution < 1.29 is 32.3 Å². The van der Waals surface area contributed by atoms with E-state index >= 15 is 0 Å². The average Bonchev–Trinajstić information content (AvgIpc) is 3.31. The van der Waals surface area contributed by atoms with E-state index in [2.05, 4.69) is 4.98 Å². The Labute approximate surface area is 197 Å². The van der Waals surface area contributed by atoms with Crippen LogP contribution in [0.5, 0.6) is 5.75 Å². The SMILES string of the molecule is CN(CCCOc1ccc(S(=O)(=O)C2(C(=O)NO)CCOCC2)cc1)c1nc2ccccc2o1. The highest BCUT2D eigenvalue weighted by molar-refractivity contribution is 7.93. The summed E-state index contributed by atoms with van der Waals surface area (Å²) in [6, 6.07) is 14.0. The Morgan fingerprint density at radius 2 is 1.88 bits per heavy atom. The van der Waals surface area contributed by atoms with Gasteiger partial charge in [-0.05, 0) is 55.7 Å². The second-order valence-corrected chi connectivity index (χ2v) is 10.4. The maximum Gasteiger partial charge on any atom is 0.298 e. The third-order valence-electron chi connectivity index (χ3n) is 5.98. The van der Waals surface area contributed by atoms with Crippen molar-refractivity contribution in [1.29, 1.82) is 0 Å². The molecule has 0 bridgehead atoms. The number of aromatic nitrogens is 1. The molecule has 3 aromatic rings. The zero-order chi connectivity index (χ0) is 24.2. The maximum atomic E-state index is 13.3. The van der Waals surface area contributed by atoms with Crippen LogP contribution in [0.3, 0.4) is 0 Å². The molecule has 182 valence electrons. The molecule has 4 rings (SSSR count). The van der Waals surface area contributed by atoms with Crippen molar-refractivity contribution in [2.24, 2.45) is 0 Å². The van der Waals surface area contributed by atoms with Crippen LogP contribution < -0.4 is 15.1 Å². The van der Waals surface area contributed by atoms with Crippen molar-refractivity contribution in [3.05, 3.63) is 48.5 Å². The van der Waals surface area contributed by atoms with Crippen molar-refractivity contribution in [3.8, 4) is 5.75 Å². The molecule has 1 aliphatic rings. The van der Waals surface area contributed by atoms with E-state index in [0.717, 1.165) is 11.1 Å². The Balaban J connectivity index is 1.34. The summed E-state index contributed by atoms with van der Waals surface area (Å²) in [6.45, 7) is 1.29. The first-order valence-electron chi connectivity index (χ1n) is 10.9. The highest BCUT2D eigenvalue weighted by Crippen LogP contribution is 2.35. The number of carbonyl (C=O) groups excluding carboxylic acids is 1. The van der Waals surface area contributed by atoms with E-state index in [4.69, 9.17) is 19.1 Å². The van der Waals surface area contributed by atoms with Gasteiger partial charge in [-0.3, -0.25) is 10.0 Å². The Morgan fingerprint density at radius 3 is 2.56 bits per heavy atom. The van der Waals surface area contributed by atoms with Gasteiger partial charge in [0.25, 0.3) is 11.9 Å². The molecule has 0 spiro atoms. The molecule has 1 saturated heterocycles. The fraction of sp³-hybridized carbons (Fsp3) is 0.391. The van der Waals surface area contributed by atoms with E-state index in [-0.39, 0.29) is 31.0 Å². The van der Waals surface area contributed by atoms with Crippen LogP contribution in [0, 0.1) is 0 Å². The lowest BCUT2D eigenvalue weighted by Gasteiger charge is -2.34. The monoisotopic (exact) mass is 489 g/mol. The van der Waals surface area contributed by atoms with Crippen molar-refractivity contribution >= 4 is 32.9 Å². The lowest BCUT2D eigenvalue weighted by atomic mass is 9.98. The van der Waals surface area contributed by atoms with Crippen LogP contribution in [0.25, 0.3) is 11.1 Å². The van der Waals surface area contributed by atoms with Crippen LogP contribution in [0.4, 0.5) is 6.01 Å². The first-order chi connectivity index (χ1) is 16.4. The van der Waals surface area contributed by atoms with Gasteiger partial charge in [0, 0.05) is 26.8 Å². The minimum Gasteiger partial charge on any atom is -0.494 e. The molecule has 2 aromatic carbocycles. The summed E-state index contributed by atoms with van der Waals surface area (Å²) in [7, 11) is -2.17. The second-order valence-electron chi connectivity index (χ2n) is 8.11. The number of amides is 1. The van der Waals surface area contributed by atoms with Crippen molar-refractivity contribution in [1.82, 2.24) is 10.5 Å². The zero-order valence-corrected chi connectivity index (χ0v) is 19.6. The minimum absolute atomic E-state index is 0.0129. The highest BCUT2D eigenvalue weighted by atomic mass is 32.2. The predicted molar refractivity (Wildman–Crippen MR) is 124 cm³/mol. The third kappa shape index (κ3) is 4.59. The molecule has 10 nitrogen and oxygen atoms in total. The number of para-hydroxylation sites is 2. The number of nitrogens with zero attached hydrogens (tertiary/aromatic N) is 2. The van der Waals surface area contributed by atoms with Crippen molar-refractivity contribution in [2.75, 3.05) is 38.3 Å². The number of hydrogen-bond acceptors (Lipinski definition) is 9. The fourth-order valence-corrected chi connectivity index (χ4v) is 5.91. The Kier molecular flexibility index (Phi) is 7.05. The number of hydrogen-bond donors (Lipinski definition) is 2. The average molecular weight is 490 g/mol. The van der Waals surface area contributed by atoms with E-state index in [1.165, 1.54) is 17.6 Å². The van der Waals surface area contributed by atoms with E-state index < -0.39 is 20.5 Å². The Bertz CT molecular complexity index is 1200. The quantitative estimate of drug-likeness (QED) is 0.264. The van der Waals surface area contributed by atoms with Crippen molar-refractivity contribution in [2.45, 2.75) is 28.9 Å². The van der Waals surface area contributed by atoms with Gasteiger partial charge in [0.2, 0.25) is 0 Å². The molecular weight excluding hydrogens is 462 g/mol. The number of sulfone groups is 1. The van der Waals surface area contributed by atoms with Crippen LogP contribution in [0.15, 0.2) is 57.8 Å². The number of nitrogens with one attached hydrogen (secondary N) is 1. The minimum atomic E-state index is -4.06. The summed E-state index contributed by atoms with van der Waals surface area (Å²) in [6.07, 6.45) is 0.621. The second kappa shape index (κ2) is 10.00. The van der Waals surface area contributed by atoms with E-state index in [0.29, 0.717) is 31.3 Å². The Morgan fingerprint density at radius 1 is 1.18 bits per heavy atom. The predicted octanol–water partition coefficient (Wildman–Crippen LogP) is 2.56. The fourth-order valence-electron chi connectivity index (χ4n) is 3.97. The van der Waals surface area contributed by atoms with E-state index in [1.54, 1.807) is 12.1 Å².